The Hall–Kier alpha value is -1.15. The molecule has 0 radical (unpaired) electrons. The molecule has 0 aliphatic heterocycles. The van der Waals surface area contributed by atoms with Crippen LogP contribution in [0.5, 0.6) is 0 Å². The van der Waals surface area contributed by atoms with Gasteiger partial charge in [0.25, 0.3) is 0 Å². The molecule has 0 aliphatic carbocycles. The highest BCUT2D eigenvalue weighted by Crippen LogP contribution is 2.50. The van der Waals surface area contributed by atoms with Crippen molar-refractivity contribution >= 4 is 18.1 Å². The van der Waals surface area contributed by atoms with Gasteiger partial charge < -0.3 is 9.26 Å². The molecule has 0 spiro atoms. The van der Waals surface area contributed by atoms with E-state index in [9.17, 15) is 4.57 Å². The fourth-order valence-electron chi connectivity index (χ4n) is 2.18. The summed E-state index contributed by atoms with van der Waals surface area (Å²) in [6.07, 6.45) is 0.577. The van der Waals surface area contributed by atoms with Crippen LogP contribution < -0.4 is 0 Å². The average molecular weight is 278 g/mol. The number of benzene rings is 2. The summed E-state index contributed by atoms with van der Waals surface area (Å²) >= 11 is 0. The SMILES string of the molecule is CCOP(=O)(COC)Cc1ccc2ccccc2c1. The Bertz CT molecular complexity index is 585. The first kappa shape index (κ1) is 14.3. The molecule has 2 aromatic rings. The Morgan fingerprint density at radius 3 is 2.53 bits per heavy atom. The standard InChI is InChI=1S/C15H19O3P/c1-3-18-19(16,12-17-2)11-13-8-9-14-6-4-5-7-15(14)10-13/h4-10H,3,11-12H2,1-2H3. The van der Waals surface area contributed by atoms with Crippen molar-refractivity contribution in [2.45, 2.75) is 13.1 Å². The molecule has 4 heteroatoms. The Morgan fingerprint density at radius 2 is 1.84 bits per heavy atom. The molecule has 0 bridgehead atoms. The van der Waals surface area contributed by atoms with E-state index in [0.29, 0.717) is 12.8 Å². The normalized spacial score (nSPS) is 14.4. The van der Waals surface area contributed by atoms with Gasteiger partial charge in [-0.15, -0.1) is 0 Å². The van der Waals surface area contributed by atoms with Crippen LogP contribution in [-0.4, -0.2) is 20.1 Å². The van der Waals surface area contributed by atoms with Crippen molar-refractivity contribution in [2.24, 2.45) is 0 Å². The Labute approximate surface area is 114 Å². The van der Waals surface area contributed by atoms with Gasteiger partial charge in [-0.3, -0.25) is 4.57 Å². The van der Waals surface area contributed by atoms with Gasteiger partial charge in [0.05, 0.1) is 12.8 Å². The molecule has 1 atom stereocenters. The van der Waals surface area contributed by atoms with Gasteiger partial charge in [-0.1, -0.05) is 42.5 Å². The van der Waals surface area contributed by atoms with Gasteiger partial charge in [0, 0.05) is 7.11 Å². The lowest BCUT2D eigenvalue weighted by atomic mass is 10.1. The second-order valence-electron chi connectivity index (χ2n) is 4.49. The van der Waals surface area contributed by atoms with Crippen LogP contribution in [0.2, 0.25) is 0 Å². The van der Waals surface area contributed by atoms with Crippen LogP contribution >= 0.6 is 7.37 Å². The monoisotopic (exact) mass is 278 g/mol. The highest BCUT2D eigenvalue weighted by Gasteiger charge is 2.23. The predicted molar refractivity (Wildman–Crippen MR) is 78.8 cm³/mol. The summed E-state index contributed by atoms with van der Waals surface area (Å²) in [5.41, 5.74) is 1.02. The third kappa shape index (κ3) is 3.66. The van der Waals surface area contributed by atoms with E-state index in [1.54, 1.807) is 7.11 Å². The first-order valence-electron chi connectivity index (χ1n) is 6.36. The second kappa shape index (κ2) is 6.33. The molecule has 0 aliphatic rings. The van der Waals surface area contributed by atoms with Crippen LogP contribution in [0.4, 0.5) is 0 Å². The molecule has 0 heterocycles. The van der Waals surface area contributed by atoms with Gasteiger partial charge in [-0.05, 0) is 23.3 Å². The summed E-state index contributed by atoms with van der Waals surface area (Å²) in [6.45, 7) is 2.29. The quantitative estimate of drug-likeness (QED) is 0.741. The van der Waals surface area contributed by atoms with Gasteiger partial charge in [0.2, 0.25) is 7.37 Å². The number of hydrogen-bond acceptors (Lipinski definition) is 3. The highest BCUT2D eigenvalue weighted by molar-refractivity contribution is 7.57. The van der Waals surface area contributed by atoms with Crippen molar-refractivity contribution in [1.82, 2.24) is 0 Å². The topological polar surface area (TPSA) is 35.5 Å². The van der Waals surface area contributed by atoms with Gasteiger partial charge in [-0.25, -0.2) is 0 Å². The fourth-order valence-corrected chi connectivity index (χ4v) is 4.05. The predicted octanol–water partition coefficient (Wildman–Crippen LogP) is 4.26. The van der Waals surface area contributed by atoms with Crippen LogP contribution in [0.3, 0.4) is 0 Å². The van der Waals surface area contributed by atoms with E-state index >= 15 is 0 Å². The van der Waals surface area contributed by atoms with E-state index in [2.05, 4.69) is 18.2 Å². The van der Waals surface area contributed by atoms with Crippen LogP contribution in [-0.2, 0) is 20.0 Å². The molecule has 0 aromatic heterocycles. The highest BCUT2D eigenvalue weighted by atomic mass is 31.2. The molecule has 0 amide bonds. The molecule has 0 saturated carbocycles. The maximum Gasteiger partial charge on any atom is 0.232 e. The summed E-state index contributed by atoms with van der Waals surface area (Å²) in [6, 6.07) is 14.3. The molecule has 19 heavy (non-hydrogen) atoms. The van der Waals surface area contributed by atoms with Gasteiger partial charge in [-0.2, -0.15) is 0 Å². The van der Waals surface area contributed by atoms with Gasteiger partial charge in [0.1, 0.15) is 6.35 Å². The average Bonchev–Trinajstić information content (AvgIpc) is 2.39. The van der Waals surface area contributed by atoms with E-state index in [-0.39, 0.29) is 6.35 Å². The Kier molecular flexibility index (Phi) is 4.76. The molecule has 3 nitrogen and oxygen atoms in total. The summed E-state index contributed by atoms with van der Waals surface area (Å²) in [5.74, 6) is 0. The van der Waals surface area contributed by atoms with Crippen LogP contribution in [0, 0.1) is 0 Å². The molecule has 2 rings (SSSR count). The minimum atomic E-state index is -2.74. The molecular weight excluding hydrogens is 259 g/mol. The van der Waals surface area contributed by atoms with Crippen LogP contribution in [0.25, 0.3) is 10.8 Å². The molecule has 0 saturated heterocycles. The van der Waals surface area contributed by atoms with Crippen molar-refractivity contribution in [3.8, 4) is 0 Å². The van der Waals surface area contributed by atoms with Gasteiger partial charge in [0.15, 0.2) is 0 Å². The first-order valence-corrected chi connectivity index (χ1v) is 8.35. The minimum Gasteiger partial charge on any atom is -0.375 e. The van der Waals surface area contributed by atoms with Crippen LogP contribution in [0.15, 0.2) is 42.5 Å². The summed E-state index contributed by atoms with van der Waals surface area (Å²) in [7, 11) is -1.19. The molecule has 1 unspecified atom stereocenters. The third-order valence-corrected chi connectivity index (χ3v) is 5.15. The number of rotatable bonds is 6. The minimum absolute atomic E-state index is 0.160. The first-order chi connectivity index (χ1) is 9.17. The second-order valence-corrected chi connectivity index (χ2v) is 6.95. The lowest BCUT2D eigenvalue weighted by Gasteiger charge is -2.17. The molecule has 2 aromatic carbocycles. The molecule has 102 valence electrons. The van der Waals surface area contributed by atoms with E-state index in [1.807, 2.05) is 31.2 Å². The molecule has 0 N–H and O–H groups in total. The zero-order valence-electron chi connectivity index (χ0n) is 11.3. The van der Waals surface area contributed by atoms with Crippen molar-refractivity contribution < 1.29 is 13.8 Å². The van der Waals surface area contributed by atoms with Crippen molar-refractivity contribution in [2.75, 3.05) is 20.1 Å². The zero-order valence-corrected chi connectivity index (χ0v) is 12.2. The fraction of sp³-hybridized carbons (Fsp3) is 0.333. The van der Waals surface area contributed by atoms with E-state index in [0.717, 1.165) is 10.9 Å². The van der Waals surface area contributed by atoms with E-state index < -0.39 is 7.37 Å². The smallest absolute Gasteiger partial charge is 0.232 e. The Morgan fingerprint density at radius 1 is 1.11 bits per heavy atom. The maximum absolute atomic E-state index is 12.6. The summed E-state index contributed by atoms with van der Waals surface area (Å²) in [4.78, 5) is 0. The lowest BCUT2D eigenvalue weighted by Crippen LogP contribution is -2.00. The maximum atomic E-state index is 12.6. The number of hydrogen-bond donors (Lipinski definition) is 0. The molecule has 0 fully saturated rings. The number of ether oxygens (including phenoxy) is 1. The van der Waals surface area contributed by atoms with Crippen molar-refractivity contribution in [3.63, 3.8) is 0 Å². The van der Waals surface area contributed by atoms with Crippen molar-refractivity contribution in [1.29, 1.82) is 0 Å². The zero-order chi connectivity index (χ0) is 13.7. The molecular formula is C15H19O3P. The lowest BCUT2D eigenvalue weighted by molar-refractivity contribution is 0.222. The Balaban J connectivity index is 2.26. The van der Waals surface area contributed by atoms with E-state index in [4.69, 9.17) is 9.26 Å². The number of fused-ring (bicyclic) bond motifs is 1. The third-order valence-electron chi connectivity index (χ3n) is 2.93. The van der Waals surface area contributed by atoms with Gasteiger partial charge >= 0.3 is 0 Å². The van der Waals surface area contributed by atoms with Crippen molar-refractivity contribution in [3.05, 3.63) is 48.0 Å². The largest absolute Gasteiger partial charge is 0.375 e. The summed E-state index contributed by atoms with van der Waals surface area (Å²) in [5, 5.41) is 2.34. The number of methoxy groups -OCH3 is 1. The summed E-state index contributed by atoms with van der Waals surface area (Å²) < 4.78 is 23.0. The van der Waals surface area contributed by atoms with E-state index in [1.165, 1.54) is 5.39 Å². The van der Waals surface area contributed by atoms with Crippen LogP contribution in [0.1, 0.15) is 12.5 Å².